The Balaban J connectivity index is 4.15. The molecule has 0 spiro atoms. The minimum atomic E-state index is -0.400. The Kier molecular flexibility index (Phi) is 4.01. The summed E-state index contributed by atoms with van der Waals surface area (Å²) in [6.07, 6.45) is 1.58. The molecule has 0 saturated heterocycles. The minimum Gasteiger partial charge on any atom is -0.461 e. The molecule has 0 unspecified atom stereocenters. The van der Waals surface area contributed by atoms with E-state index >= 15 is 0 Å². The van der Waals surface area contributed by atoms with E-state index in [1.54, 1.807) is 6.08 Å². The molecule has 0 aliphatic rings. The predicted molar refractivity (Wildman–Crippen MR) is 49.8 cm³/mol. The van der Waals surface area contributed by atoms with Crippen LogP contribution < -0.4 is 0 Å². The summed E-state index contributed by atoms with van der Waals surface area (Å²) in [5.41, 5.74) is -0.400. The minimum absolute atomic E-state index is 0.155. The monoisotopic (exact) mass is 170 g/mol. The maximum Gasteiger partial charge on any atom is 0.312 e. The highest BCUT2D eigenvalue weighted by Gasteiger charge is 2.32. The first-order valence-corrected chi connectivity index (χ1v) is 4.21. The summed E-state index contributed by atoms with van der Waals surface area (Å²) in [6, 6.07) is 0. The summed E-state index contributed by atoms with van der Waals surface area (Å²) in [5, 5.41) is 0. The number of rotatable bonds is 4. The third-order valence-corrected chi connectivity index (χ3v) is 2.30. The molecule has 0 saturated carbocycles. The van der Waals surface area contributed by atoms with Gasteiger partial charge in [-0.1, -0.05) is 26.5 Å². The van der Waals surface area contributed by atoms with Crippen LogP contribution in [0.1, 0.15) is 27.7 Å². The first kappa shape index (κ1) is 11.2. The SMILES string of the molecule is C=CCOC(=O)C(C)(C)C(C)C. The Morgan fingerprint density at radius 3 is 2.42 bits per heavy atom. The Morgan fingerprint density at radius 2 is 2.08 bits per heavy atom. The number of hydrogen-bond acceptors (Lipinski definition) is 2. The zero-order chi connectivity index (χ0) is 9.78. The van der Waals surface area contributed by atoms with Gasteiger partial charge < -0.3 is 4.74 Å². The van der Waals surface area contributed by atoms with E-state index < -0.39 is 5.41 Å². The number of ether oxygens (including phenoxy) is 1. The molecule has 0 heterocycles. The van der Waals surface area contributed by atoms with Gasteiger partial charge in [-0.05, 0) is 19.8 Å². The van der Waals surface area contributed by atoms with E-state index in [2.05, 4.69) is 6.58 Å². The summed E-state index contributed by atoms with van der Waals surface area (Å²) in [5.74, 6) is 0.132. The summed E-state index contributed by atoms with van der Waals surface area (Å²) < 4.78 is 4.96. The first-order chi connectivity index (χ1) is 5.42. The smallest absolute Gasteiger partial charge is 0.312 e. The Hall–Kier alpha value is -0.790. The molecule has 70 valence electrons. The Bertz CT molecular complexity index is 169. The maximum absolute atomic E-state index is 11.4. The van der Waals surface area contributed by atoms with Gasteiger partial charge in [0.2, 0.25) is 0 Å². The number of carbonyl (C=O) groups excluding carboxylic acids is 1. The van der Waals surface area contributed by atoms with Crippen LogP contribution in [0.15, 0.2) is 12.7 Å². The molecule has 0 aliphatic carbocycles. The Labute approximate surface area is 74.6 Å². The van der Waals surface area contributed by atoms with Crippen LogP contribution >= 0.6 is 0 Å². The second kappa shape index (κ2) is 4.29. The lowest BCUT2D eigenvalue weighted by atomic mass is 9.81. The molecule has 0 aromatic rings. The van der Waals surface area contributed by atoms with Crippen molar-refractivity contribution in [1.29, 1.82) is 0 Å². The van der Waals surface area contributed by atoms with Crippen LogP contribution in [0.25, 0.3) is 0 Å². The molecule has 0 N–H and O–H groups in total. The fourth-order valence-electron chi connectivity index (χ4n) is 0.556. The number of carbonyl (C=O) groups is 1. The zero-order valence-corrected chi connectivity index (χ0v) is 8.39. The van der Waals surface area contributed by atoms with Gasteiger partial charge in [0.15, 0.2) is 0 Å². The first-order valence-electron chi connectivity index (χ1n) is 4.21. The van der Waals surface area contributed by atoms with Gasteiger partial charge in [-0.15, -0.1) is 0 Å². The molecule has 0 radical (unpaired) electrons. The van der Waals surface area contributed by atoms with Crippen LogP contribution in [0.2, 0.25) is 0 Å². The van der Waals surface area contributed by atoms with Gasteiger partial charge in [0.25, 0.3) is 0 Å². The highest BCUT2D eigenvalue weighted by atomic mass is 16.5. The quantitative estimate of drug-likeness (QED) is 0.478. The summed E-state index contributed by atoms with van der Waals surface area (Å²) in [7, 11) is 0. The van der Waals surface area contributed by atoms with Crippen molar-refractivity contribution in [3.05, 3.63) is 12.7 Å². The molecular weight excluding hydrogens is 152 g/mol. The normalized spacial score (nSPS) is 11.4. The van der Waals surface area contributed by atoms with E-state index in [4.69, 9.17) is 4.74 Å². The van der Waals surface area contributed by atoms with Gasteiger partial charge >= 0.3 is 5.97 Å². The van der Waals surface area contributed by atoms with Gasteiger partial charge in [-0.3, -0.25) is 4.79 Å². The van der Waals surface area contributed by atoms with Crippen molar-refractivity contribution in [3.8, 4) is 0 Å². The number of esters is 1. The molecular formula is C10H18O2. The van der Waals surface area contributed by atoms with Crippen molar-refractivity contribution in [2.45, 2.75) is 27.7 Å². The molecule has 0 atom stereocenters. The van der Waals surface area contributed by atoms with Crippen LogP contribution in [0.4, 0.5) is 0 Å². The fourth-order valence-corrected chi connectivity index (χ4v) is 0.556. The van der Waals surface area contributed by atoms with E-state index in [0.717, 1.165) is 0 Å². The van der Waals surface area contributed by atoms with E-state index in [1.807, 2.05) is 27.7 Å². The van der Waals surface area contributed by atoms with Crippen molar-refractivity contribution in [3.63, 3.8) is 0 Å². The molecule has 0 rings (SSSR count). The van der Waals surface area contributed by atoms with Crippen LogP contribution in [0, 0.1) is 11.3 Å². The highest BCUT2D eigenvalue weighted by molar-refractivity contribution is 5.76. The summed E-state index contributed by atoms with van der Waals surface area (Å²) >= 11 is 0. The summed E-state index contributed by atoms with van der Waals surface area (Å²) in [4.78, 5) is 11.4. The third kappa shape index (κ3) is 2.68. The average Bonchev–Trinajstić information content (AvgIpc) is 1.99. The second-order valence-corrected chi connectivity index (χ2v) is 3.76. The van der Waals surface area contributed by atoms with Gasteiger partial charge in [-0.2, -0.15) is 0 Å². The lowest BCUT2D eigenvalue weighted by molar-refractivity contribution is -0.155. The Morgan fingerprint density at radius 1 is 1.58 bits per heavy atom. The fraction of sp³-hybridized carbons (Fsp3) is 0.700. The van der Waals surface area contributed by atoms with E-state index in [9.17, 15) is 4.79 Å². The summed E-state index contributed by atoms with van der Waals surface area (Å²) in [6.45, 7) is 11.6. The number of hydrogen-bond donors (Lipinski definition) is 0. The van der Waals surface area contributed by atoms with Crippen molar-refractivity contribution >= 4 is 5.97 Å². The van der Waals surface area contributed by atoms with E-state index in [0.29, 0.717) is 6.61 Å². The molecule has 2 nitrogen and oxygen atoms in total. The lowest BCUT2D eigenvalue weighted by Gasteiger charge is -2.26. The van der Waals surface area contributed by atoms with Crippen LogP contribution in [-0.4, -0.2) is 12.6 Å². The average molecular weight is 170 g/mol. The molecule has 0 amide bonds. The molecule has 0 aliphatic heterocycles. The third-order valence-electron chi connectivity index (χ3n) is 2.30. The highest BCUT2D eigenvalue weighted by Crippen LogP contribution is 2.27. The topological polar surface area (TPSA) is 26.3 Å². The van der Waals surface area contributed by atoms with Crippen molar-refractivity contribution < 1.29 is 9.53 Å². The molecule has 0 bridgehead atoms. The lowest BCUT2D eigenvalue weighted by Crippen LogP contribution is -2.31. The van der Waals surface area contributed by atoms with Crippen molar-refractivity contribution in [1.82, 2.24) is 0 Å². The van der Waals surface area contributed by atoms with Gasteiger partial charge in [0, 0.05) is 0 Å². The van der Waals surface area contributed by atoms with Crippen LogP contribution in [0.3, 0.4) is 0 Å². The van der Waals surface area contributed by atoms with E-state index in [-0.39, 0.29) is 11.9 Å². The second-order valence-electron chi connectivity index (χ2n) is 3.76. The standard InChI is InChI=1S/C10H18O2/c1-6-7-12-9(11)10(4,5)8(2)3/h6,8H,1,7H2,2-5H3. The maximum atomic E-state index is 11.4. The molecule has 0 fully saturated rings. The van der Waals surface area contributed by atoms with Gasteiger partial charge in [0.1, 0.15) is 6.61 Å². The zero-order valence-electron chi connectivity index (χ0n) is 8.39. The molecule has 12 heavy (non-hydrogen) atoms. The van der Waals surface area contributed by atoms with Crippen LogP contribution in [-0.2, 0) is 9.53 Å². The predicted octanol–water partition coefficient (Wildman–Crippen LogP) is 2.40. The van der Waals surface area contributed by atoms with Crippen LogP contribution in [0.5, 0.6) is 0 Å². The molecule has 0 aromatic heterocycles. The van der Waals surface area contributed by atoms with Gasteiger partial charge in [-0.25, -0.2) is 0 Å². The van der Waals surface area contributed by atoms with E-state index in [1.165, 1.54) is 0 Å². The largest absolute Gasteiger partial charge is 0.461 e. The van der Waals surface area contributed by atoms with Crippen molar-refractivity contribution in [2.75, 3.05) is 6.61 Å². The van der Waals surface area contributed by atoms with Gasteiger partial charge in [0.05, 0.1) is 5.41 Å². The molecule has 0 aromatic carbocycles. The van der Waals surface area contributed by atoms with Crippen molar-refractivity contribution in [2.24, 2.45) is 11.3 Å². The molecule has 2 heteroatoms.